The third-order valence-corrected chi connectivity index (χ3v) is 13.6. The van der Waals surface area contributed by atoms with Crippen molar-refractivity contribution >= 4 is 43.6 Å². The maximum Gasteiger partial charge on any atom is 0.0998 e. The quantitative estimate of drug-likeness (QED) is 0.156. The molecule has 0 aliphatic heterocycles. The van der Waals surface area contributed by atoms with Crippen LogP contribution in [0.25, 0.3) is 111 Å². The molecular formula is C64H34N8. The van der Waals surface area contributed by atoms with Gasteiger partial charge in [0.1, 0.15) is 0 Å². The number of hydrogen-bond acceptors (Lipinski definition) is 6. The van der Waals surface area contributed by atoms with Crippen LogP contribution in [0.2, 0.25) is 0 Å². The van der Waals surface area contributed by atoms with Gasteiger partial charge in [-0.05, 0) is 148 Å². The molecule has 72 heavy (non-hydrogen) atoms. The first-order chi connectivity index (χ1) is 35.5. The summed E-state index contributed by atoms with van der Waals surface area (Å²) < 4.78 is 4.42. The van der Waals surface area contributed by atoms with Gasteiger partial charge in [0.05, 0.1) is 91.6 Å². The average Bonchev–Trinajstić information content (AvgIpc) is 3.96. The molecule has 12 rings (SSSR count). The Labute approximate surface area is 413 Å². The Morgan fingerprint density at radius 1 is 0.319 bits per heavy atom. The first-order valence-electron chi connectivity index (χ1n) is 23.1. The van der Waals surface area contributed by atoms with Crippen molar-refractivity contribution in [1.29, 1.82) is 26.3 Å². The van der Waals surface area contributed by atoms with Gasteiger partial charge in [-0.2, -0.15) is 26.3 Å². The van der Waals surface area contributed by atoms with Gasteiger partial charge in [0, 0.05) is 39.0 Å². The minimum absolute atomic E-state index is 0.472. The summed E-state index contributed by atoms with van der Waals surface area (Å²) in [7, 11) is 0. The molecule has 0 atom stereocenters. The topological polar surface area (TPSA) is 142 Å². The zero-order valence-electron chi connectivity index (χ0n) is 38.2. The van der Waals surface area contributed by atoms with Crippen molar-refractivity contribution in [2.24, 2.45) is 0 Å². The van der Waals surface area contributed by atoms with Gasteiger partial charge in [-0.1, -0.05) is 97.1 Å². The molecule has 9 aromatic carbocycles. The number of rotatable bonds is 7. The van der Waals surface area contributed by atoms with Gasteiger partial charge in [-0.3, -0.25) is 4.98 Å². The molecule has 12 aromatic rings. The molecule has 0 N–H and O–H groups in total. The van der Waals surface area contributed by atoms with Gasteiger partial charge < -0.3 is 9.13 Å². The zero-order valence-corrected chi connectivity index (χ0v) is 38.2. The highest BCUT2D eigenvalue weighted by Crippen LogP contribution is 2.42. The van der Waals surface area contributed by atoms with Crippen LogP contribution in [0.4, 0.5) is 0 Å². The van der Waals surface area contributed by atoms with E-state index in [-0.39, 0.29) is 0 Å². The lowest BCUT2D eigenvalue weighted by Gasteiger charge is -2.16. The second-order valence-electron chi connectivity index (χ2n) is 17.5. The fraction of sp³-hybridized carbons (Fsp3) is 0. The molecule has 0 fully saturated rings. The maximum absolute atomic E-state index is 10.4. The monoisotopic (exact) mass is 914 g/mol. The third-order valence-electron chi connectivity index (χ3n) is 13.6. The first kappa shape index (κ1) is 42.5. The normalized spacial score (nSPS) is 11.0. The van der Waals surface area contributed by atoms with Crippen LogP contribution in [0.5, 0.6) is 0 Å². The van der Waals surface area contributed by atoms with E-state index in [0.29, 0.717) is 33.5 Å². The Bertz CT molecular complexity index is 4250. The summed E-state index contributed by atoms with van der Waals surface area (Å²) in [4.78, 5) is 5.02. The highest BCUT2D eigenvalue weighted by molar-refractivity contribution is 6.13. The van der Waals surface area contributed by atoms with Crippen LogP contribution in [0.15, 0.2) is 206 Å². The summed E-state index contributed by atoms with van der Waals surface area (Å²) in [6, 6.07) is 76.9. The zero-order chi connectivity index (χ0) is 48.9. The SMILES string of the molecule is N#Cc1ccc(-n2c3ccc(-c4ccccc4C#N)cc3c3cc(-c4ccccc4C#N)ccc32)c(-c2cc(-n3c4ccc(-c5ccccc5C#N)cc4c4cc(-c5ccccc5C#N)ccc43)ccn2)c1. The molecule has 0 amide bonds. The van der Waals surface area contributed by atoms with Crippen LogP contribution in [0.3, 0.4) is 0 Å². The molecule has 3 aromatic heterocycles. The fourth-order valence-corrected chi connectivity index (χ4v) is 10.3. The van der Waals surface area contributed by atoms with Gasteiger partial charge >= 0.3 is 0 Å². The molecule has 0 saturated carbocycles. The van der Waals surface area contributed by atoms with E-state index in [1.54, 1.807) is 6.20 Å². The highest BCUT2D eigenvalue weighted by atomic mass is 15.0. The Morgan fingerprint density at radius 3 is 1.07 bits per heavy atom. The van der Waals surface area contributed by atoms with E-state index < -0.39 is 0 Å². The Kier molecular flexibility index (Phi) is 10.3. The molecular weight excluding hydrogens is 881 g/mol. The summed E-state index contributed by atoms with van der Waals surface area (Å²) in [5, 5.41) is 54.6. The van der Waals surface area contributed by atoms with Gasteiger partial charge in [0.2, 0.25) is 0 Å². The van der Waals surface area contributed by atoms with E-state index in [1.165, 1.54) is 0 Å². The van der Waals surface area contributed by atoms with E-state index in [2.05, 4.69) is 94.1 Å². The van der Waals surface area contributed by atoms with Crippen LogP contribution in [-0.4, -0.2) is 14.1 Å². The molecule has 0 spiro atoms. The lowest BCUT2D eigenvalue weighted by atomic mass is 9.96. The van der Waals surface area contributed by atoms with Crippen LogP contribution in [0.1, 0.15) is 27.8 Å². The van der Waals surface area contributed by atoms with Crippen molar-refractivity contribution in [2.75, 3.05) is 0 Å². The van der Waals surface area contributed by atoms with Gasteiger partial charge in [-0.25, -0.2) is 0 Å². The number of benzene rings is 9. The number of hydrogen-bond donors (Lipinski definition) is 0. The molecule has 8 nitrogen and oxygen atoms in total. The van der Waals surface area contributed by atoms with E-state index in [4.69, 9.17) is 4.98 Å². The van der Waals surface area contributed by atoms with Crippen molar-refractivity contribution in [1.82, 2.24) is 14.1 Å². The molecule has 0 aliphatic rings. The largest absolute Gasteiger partial charge is 0.309 e. The standard InChI is InChI=1S/C64H34N8/c65-35-40-17-22-64(72-62-25-20-43(52-15-7-3-11-47(52)38-68)32-56(62)57-33-44(21-26-63(57)72)53-16-8-4-12-48(53)39-69)58(29-40)59-34-49(27-28-70-59)71-60-23-18-41(50-13-5-1-9-45(50)36-66)30-54(60)55-31-42(19-24-61(55)71)51-14-6-2-10-46(51)37-67/h1-34H. The molecule has 330 valence electrons. The van der Waals surface area contributed by atoms with Crippen molar-refractivity contribution in [3.8, 4) is 97.5 Å². The number of fused-ring (bicyclic) bond motifs is 6. The predicted octanol–water partition coefficient (Wildman–Crippen LogP) is 15.0. The van der Waals surface area contributed by atoms with E-state index in [1.807, 2.05) is 146 Å². The summed E-state index contributed by atoms with van der Waals surface area (Å²) in [6.45, 7) is 0. The van der Waals surface area contributed by atoms with Gasteiger partial charge in [0.25, 0.3) is 0 Å². The van der Waals surface area contributed by atoms with Crippen LogP contribution >= 0.6 is 0 Å². The molecule has 3 heterocycles. The van der Waals surface area contributed by atoms with Crippen molar-refractivity contribution in [2.45, 2.75) is 0 Å². The summed E-state index contributed by atoms with van der Waals surface area (Å²) in [6.07, 6.45) is 1.80. The van der Waals surface area contributed by atoms with Crippen LogP contribution in [0, 0.1) is 56.7 Å². The lowest BCUT2D eigenvalue weighted by molar-refractivity contribution is 1.14. The third kappa shape index (κ3) is 6.92. The Morgan fingerprint density at radius 2 is 0.694 bits per heavy atom. The Hall–Kier alpha value is -10.8. The molecule has 8 heteroatoms. The number of nitriles is 5. The van der Waals surface area contributed by atoms with Crippen LogP contribution < -0.4 is 0 Å². The first-order valence-corrected chi connectivity index (χ1v) is 23.1. The minimum atomic E-state index is 0.472. The smallest absolute Gasteiger partial charge is 0.0998 e. The second kappa shape index (κ2) is 17.4. The Balaban J connectivity index is 1.08. The summed E-state index contributed by atoms with van der Waals surface area (Å²) >= 11 is 0. The lowest BCUT2D eigenvalue weighted by Crippen LogP contribution is -2.01. The molecule has 0 radical (unpaired) electrons. The van der Waals surface area contributed by atoms with Crippen molar-refractivity contribution < 1.29 is 0 Å². The molecule has 0 aliphatic carbocycles. The highest BCUT2D eigenvalue weighted by Gasteiger charge is 2.22. The molecule has 0 saturated heterocycles. The predicted molar refractivity (Wildman–Crippen MR) is 284 cm³/mol. The van der Waals surface area contributed by atoms with Gasteiger partial charge in [-0.15, -0.1) is 0 Å². The minimum Gasteiger partial charge on any atom is -0.309 e. The van der Waals surface area contributed by atoms with E-state index in [9.17, 15) is 26.3 Å². The second-order valence-corrected chi connectivity index (χ2v) is 17.5. The molecule has 0 unspecified atom stereocenters. The summed E-state index contributed by atoms with van der Waals surface area (Å²) in [5.74, 6) is 0. The number of nitrogens with zero attached hydrogens (tertiary/aromatic N) is 8. The molecule has 0 bridgehead atoms. The van der Waals surface area contributed by atoms with Crippen molar-refractivity contribution in [3.63, 3.8) is 0 Å². The fourth-order valence-electron chi connectivity index (χ4n) is 10.3. The summed E-state index contributed by atoms with van der Waals surface area (Å²) in [5.41, 5.74) is 16.4. The van der Waals surface area contributed by atoms with E-state index >= 15 is 0 Å². The average molecular weight is 915 g/mol. The van der Waals surface area contributed by atoms with Gasteiger partial charge in [0.15, 0.2) is 0 Å². The number of aromatic nitrogens is 3. The van der Waals surface area contributed by atoms with Crippen LogP contribution in [-0.2, 0) is 0 Å². The van der Waals surface area contributed by atoms with Crippen molar-refractivity contribution in [3.05, 3.63) is 234 Å². The van der Waals surface area contributed by atoms with E-state index in [0.717, 1.165) is 105 Å². The maximum atomic E-state index is 10.4. The number of pyridine rings is 1.